The highest BCUT2D eigenvalue weighted by molar-refractivity contribution is 6.06. The summed E-state index contributed by atoms with van der Waals surface area (Å²) in [5.74, 6) is -1.18. The van der Waals surface area contributed by atoms with Crippen LogP contribution in [0.1, 0.15) is 57.9 Å². The van der Waals surface area contributed by atoms with E-state index in [9.17, 15) is 9.59 Å². The van der Waals surface area contributed by atoms with Crippen molar-refractivity contribution in [1.29, 1.82) is 0 Å². The van der Waals surface area contributed by atoms with Gasteiger partial charge in [0, 0.05) is 17.4 Å². The molecular formula is C12H15NO3. The second-order valence-electron chi connectivity index (χ2n) is 4.38. The van der Waals surface area contributed by atoms with Crippen molar-refractivity contribution in [3.8, 4) is 0 Å². The summed E-state index contributed by atoms with van der Waals surface area (Å²) in [6.45, 7) is 5.03. The molecule has 1 saturated carbocycles. The van der Waals surface area contributed by atoms with Crippen molar-refractivity contribution in [2.75, 3.05) is 0 Å². The summed E-state index contributed by atoms with van der Waals surface area (Å²) in [6.07, 6.45) is 2.15. The van der Waals surface area contributed by atoms with E-state index in [1.165, 1.54) is 6.92 Å². The molecule has 1 N–H and O–H groups in total. The number of carboxylic acids is 1. The van der Waals surface area contributed by atoms with Crippen LogP contribution in [0.4, 0.5) is 0 Å². The molecule has 86 valence electrons. The van der Waals surface area contributed by atoms with Crippen LogP contribution in [0, 0.1) is 13.8 Å². The quantitative estimate of drug-likeness (QED) is 0.797. The molecule has 0 atom stereocenters. The van der Waals surface area contributed by atoms with Gasteiger partial charge in [-0.1, -0.05) is 0 Å². The fourth-order valence-corrected chi connectivity index (χ4v) is 2.43. The first-order chi connectivity index (χ1) is 7.45. The van der Waals surface area contributed by atoms with Gasteiger partial charge in [0.15, 0.2) is 5.78 Å². The van der Waals surface area contributed by atoms with Crippen LogP contribution in [-0.4, -0.2) is 21.4 Å². The molecule has 0 radical (unpaired) electrons. The number of rotatable bonds is 3. The Morgan fingerprint density at radius 1 is 1.19 bits per heavy atom. The monoisotopic (exact) mass is 221 g/mol. The Morgan fingerprint density at radius 2 is 1.69 bits per heavy atom. The summed E-state index contributed by atoms with van der Waals surface area (Å²) in [5, 5.41) is 9.17. The lowest BCUT2D eigenvalue weighted by Gasteiger charge is -2.06. The van der Waals surface area contributed by atoms with E-state index in [4.69, 9.17) is 5.11 Å². The van der Waals surface area contributed by atoms with Gasteiger partial charge in [-0.2, -0.15) is 0 Å². The van der Waals surface area contributed by atoms with E-state index in [2.05, 4.69) is 0 Å². The Kier molecular flexibility index (Phi) is 2.37. The number of ketones is 1. The minimum Gasteiger partial charge on any atom is -0.478 e. The Balaban J connectivity index is 2.70. The highest BCUT2D eigenvalue weighted by atomic mass is 16.4. The third kappa shape index (κ3) is 1.45. The number of aromatic nitrogens is 1. The van der Waals surface area contributed by atoms with E-state index in [0.29, 0.717) is 17.3 Å². The van der Waals surface area contributed by atoms with E-state index < -0.39 is 5.97 Å². The number of carboxylic acid groups (broad SMARTS) is 1. The van der Waals surface area contributed by atoms with Gasteiger partial charge in [0.2, 0.25) is 0 Å². The van der Waals surface area contributed by atoms with Crippen molar-refractivity contribution in [2.24, 2.45) is 0 Å². The van der Waals surface area contributed by atoms with Crippen molar-refractivity contribution in [3.05, 3.63) is 22.5 Å². The topological polar surface area (TPSA) is 59.3 Å². The van der Waals surface area contributed by atoms with Crippen LogP contribution in [0.3, 0.4) is 0 Å². The largest absolute Gasteiger partial charge is 0.478 e. The van der Waals surface area contributed by atoms with Gasteiger partial charge in [0.1, 0.15) is 0 Å². The standard InChI is InChI=1S/C12H15NO3/c1-6-10(8(3)14)11(12(15)16)7(2)13(6)9-4-5-9/h9H,4-5H2,1-3H3,(H,15,16). The lowest BCUT2D eigenvalue weighted by Crippen LogP contribution is -2.05. The maximum atomic E-state index is 11.5. The molecule has 1 fully saturated rings. The molecule has 4 nitrogen and oxygen atoms in total. The number of Topliss-reactive ketones (excluding diaryl/α,β-unsaturated/α-hetero) is 1. The third-order valence-electron chi connectivity index (χ3n) is 3.17. The Hall–Kier alpha value is -1.58. The molecule has 0 unspecified atom stereocenters. The number of carbonyl (C=O) groups is 2. The van der Waals surface area contributed by atoms with E-state index >= 15 is 0 Å². The maximum Gasteiger partial charge on any atom is 0.338 e. The van der Waals surface area contributed by atoms with Crippen LogP contribution in [0.2, 0.25) is 0 Å². The summed E-state index contributed by atoms with van der Waals surface area (Å²) in [4.78, 5) is 22.7. The smallest absolute Gasteiger partial charge is 0.338 e. The number of nitrogens with zero attached hydrogens (tertiary/aromatic N) is 1. The number of hydrogen-bond acceptors (Lipinski definition) is 2. The van der Waals surface area contributed by atoms with Gasteiger partial charge in [-0.25, -0.2) is 4.79 Å². The molecule has 0 spiro atoms. The molecule has 0 bridgehead atoms. The van der Waals surface area contributed by atoms with E-state index in [1.807, 2.05) is 11.5 Å². The molecular weight excluding hydrogens is 206 g/mol. The molecule has 0 amide bonds. The van der Waals surface area contributed by atoms with E-state index in [0.717, 1.165) is 18.5 Å². The Bertz CT molecular complexity index is 443. The maximum absolute atomic E-state index is 11.5. The zero-order valence-electron chi connectivity index (χ0n) is 9.70. The molecule has 1 aromatic rings. The molecule has 0 aliphatic heterocycles. The lowest BCUT2D eigenvalue weighted by atomic mass is 10.1. The van der Waals surface area contributed by atoms with Crippen LogP contribution in [0.5, 0.6) is 0 Å². The lowest BCUT2D eigenvalue weighted by molar-refractivity contribution is 0.0691. The Morgan fingerprint density at radius 3 is 2.00 bits per heavy atom. The predicted molar refractivity (Wildman–Crippen MR) is 59.1 cm³/mol. The van der Waals surface area contributed by atoms with Gasteiger partial charge in [-0.05, 0) is 33.6 Å². The van der Waals surface area contributed by atoms with Crippen molar-refractivity contribution < 1.29 is 14.7 Å². The summed E-state index contributed by atoms with van der Waals surface area (Å²) < 4.78 is 2.00. The normalized spacial score (nSPS) is 15.2. The van der Waals surface area contributed by atoms with Crippen LogP contribution in [0.15, 0.2) is 0 Å². The van der Waals surface area contributed by atoms with E-state index in [1.54, 1.807) is 6.92 Å². The fraction of sp³-hybridized carbons (Fsp3) is 0.500. The van der Waals surface area contributed by atoms with Crippen LogP contribution >= 0.6 is 0 Å². The summed E-state index contributed by atoms with van der Waals surface area (Å²) in [5.41, 5.74) is 2.05. The SMILES string of the molecule is CC(=O)c1c(C(=O)O)c(C)n(C2CC2)c1C. The number of aromatic carboxylic acids is 1. The molecule has 2 rings (SSSR count). The van der Waals surface area contributed by atoms with Gasteiger partial charge >= 0.3 is 5.97 Å². The summed E-state index contributed by atoms with van der Waals surface area (Å²) >= 11 is 0. The summed E-state index contributed by atoms with van der Waals surface area (Å²) in [7, 11) is 0. The molecule has 1 aliphatic carbocycles. The minimum absolute atomic E-state index is 0.169. The minimum atomic E-state index is -1.01. The van der Waals surface area contributed by atoms with Crippen LogP contribution < -0.4 is 0 Å². The average Bonchev–Trinajstić information content (AvgIpc) is 2.92. The van der Waals surface area contributed by atoms with Crippen LogP contribution in [-0.2, 0) is 0 Å². The first kappa shape index (κ1) is 10.9. The molecule has 0 aromatic carbocycles. The summed E-state index contributed by atoms with van der Waals surface area (Å²) in [6, 6.07) is 0.395. The molecule has 1 heterocycles. The van der Waals surface area contributed by atoms with Gasteiger partial charge < -0.3 is 9.67 Å². The van der Waals surface area contributed by atoms with Crippen molar-refractivity contribution in [2.45, 2.75) is 39.7 Å². The zero-order valence-corrected chi connectivity index (χ0v) is 9.70. The second-order valence-corrected chi connectivity index (χ2v) is 4.38. The average molecular weight is 221 g/mol. The third-order valence-corrected chi connectivity index (χ3v) is 3.17. The Labute approximate surface area is 93.9 Å². The van der Waals surface area contributed by atoms with Crippen LogP contribution in [0.25, 0.3) is 0 Å². The number of carbonyl (C=O) groups excluding carboxylic acids is 1. The van der Waals surface area contributed by atoms with E-state index in [-0.39, 0.29) is 11.3 Å². The predicted octanol–water partition coefficient (Wildman–Crippen LogP) is 2.34. The first-order valence-corrected chi connectivity index (χ1v) is 5.40. The molecule has 16 heavy (non-hydrogen) atoms. The highest BCUT2D eigenvalue weighted by Gasteiger charge is 2.32. The first-order valence-electron chi connectivity index (χ1n) is 5.40. The molecule has 1 aromatic heterocycles. The molecule has 0 saturated heterocycles. The zero-order chi connectivity index (χ0) is 12.0. The number of hydrogen-bond donors (Lipinski definition) is 1. The molecule has 4 heteroatoms. The van der Waals surface area contributed by atoms with Gasteiger partial charge in [0.25, 0.3) is 0 Å². The fourth-order valence-electron chi connectivity index (χ4n) is 2.43. The van der Waals surface area contributed by atoms with Gasteiger partial charge in [-0.15, -0.1) is 0 Å². The van der Waals surface area contributed by atoms with Gasteiger partial charge in [0.05, 0.1) is 11.1 Å². The van der Waals surface area contributed by atoms with Crippen molar-refractivity contribution in [1.82, 2.24) is 4.57 Å². The van der Waals surface area contributed by atoms with Gasteiger partial charge in [-0.3, -0.25) is 4.79 Å². The van der Waals surface area contributed by atoms with Crippen molar-refractivity contribution in [3.63, 3.8) is 0 Å². The molecule has 1 aliphatic rings. The highest BCUT2D eigenvalue weighted by Crippen LogP contribution is 2.39. The second kappa shape index (κ2) is 3.47. The van der Waals surface area contributed by atoms with Crippen molar-refractivity contribution >= 4 is 11.8 Å².